The first-order valence-electron chi connectivity index (χ1n) is 14.2. The van der Waals surface area contributed by atoms with Gasteiger partial charge < -0.3 is 0 Å². The minimum absolute atomic E-state index is 1.04. The van der Waals surface area contributed by atoms with Gasteiger partial charge in [-0.05, 0) is 109 Å². The van der Waals surface area contributed by atoms with E-state index in [4.69, 9.17) is 0 Å². The van der Waals surface area contributed by atoms with Gasteiger partial charge in [-0.15, -0.1) is 0 Å². The highest BCUT2D eigenvalue weighted by Gasteiger charge is 2.12. The largest absolute Gasteiger partial charge is 0.294 e. The Bertz CT molecular complexity index is 1600. The molecule has 0 aliphatic heterocycles. The molecule has 0 aromatic heterocycles. The maximum Gasteiger partial charge on any atom is 0.0630 e. The maximum atomic E-state index is 3.59. The van der Waals surface area contributed by atoms with Crippen LogP contribution in [0.5, 0.6) is 0 Å². The second-order valence-electron chi connectivity index (χ2n) is 10.4. The summed E-state index contributed by atoms with van der Waals surface area (Å²) in [4.78, 5) is 0. The number of rotatable bonds is 9. The van der Waals surface area contributed by atoms with Crippen molar-refractivity contribution in [3.63, 3.8) is 0 Å². The Hall–Kier alpha value is -5.48. The molecular weight excluding hydrogens is 512 g/mol. The van der Waals surface area contributed by atoms with E-state index in [0.29, 0.717) is 0 Å². The average molecular weight is 547 g/mol. The zero-order valence-electron chi connectivity index (χ0n) is 23.9. The third-order valence-electron chi connectivity index (χ3n) is 7.13. The zero-order valence-corrected chi connectivity index (χ0v) is 23.9. The average Bonchev–Trinajstić information content (AvgIpc) is 3.04. The molecule has 4 heteroatoms. The molecule has 0 spiro atoms. The lowest BCUT2D eigenvalue weighted by Crippen LogP contribution is -2.24. The van der Waals surface area contributed by atoms with Crippen molar-refractivity contribution in [2.24, 2.45) is 0 Å². The predicted octanol–water partition coefficient (Wildman–Crippen LogP) is 10.3. The lowest BCUT2D eigenvalue weighted by atomic mass is 10.0. The van der Waals surface area contributed by atoms with E-state index >= 15 is 0 Å². The summed E-state index contributed by atoms with van der Waals surface area (Å²) in [6.45, 7) is 4.21. The zero-order chi connectivity index (χ0) is 28.7. The van der Waals surface area contributed by atoms with E-state index in [1.54, 1.807) is 0 Å². The van der Waals surface area contributed by atoms with Gasteiger partial charge >= 0.3 is 0 Å². The van der Waals surface area contributed by atoms with Gasteiger partial charge in [0, 0.05) is 0 Å². The standard InChI is InChI=1S/C38H34N4/c1-29-11-9-13-33(27-29)39-41(35-15-5-3-6-16-35)37-23-19-31(20-24-37)32-21-25-38(26-22-32)42(36-17-7-4-8-18-36)40-34-14-10-12-30(2)28-34/h3-28,39-40H,1-2H3. The van der Waals surface area contributed by atoms with E-state index in [2.05, 4.69) is 180 Å². The summed E-state index contributed by atoms with van der Waals surface area (Å²) in [5, 5.41) is 4.24. The van der Waals surface area contributed by atoms with Crippen LogP contribution in [0.3, 0.4) is 0 Å². The van der Waals surface area contributed by atoms with Crippen molar-refractivity contribution in [1.82, 2.24) is 0 Å². The second kappa shape index (κ2) is 12.4. The number of nitrogens with one attached hydrogen (secondary N) is 2. The molecule has 0 unspecified atom stereocenters. The van der Waals surface area contributed by atoms with Gasteiger partial charge in [0.1, 0.15) is 0 Å². The molecular formula is C38H34N4. The van der Waals surface area contributed by atoms with Crippen molar-refractivity contribution >= 4 is 34.1 Å². The third-order valence-corrected chi connectivity index (χ3v) is 7.13. The van der Waals surface area contributed by atoms with Gasteiger partial charge in [-0.3, -0.25) is 20.9 Å². The number of hydrogen-bond acceptors (Lipinski definition) is 4. The van der Waals surface area contributed by atoms with Crippen LogP contribution in [0.1, 0.15) is 11.1 Å². The molecule has 0 saturated carbocycles. The van der Waals surface area contributed by atoms with E-state index in [9.17, 15) is 0 Å². The van der Waals surface area contributed by atoms with E-state index < -0.39 is 0 Å². The molecule has 0 fully saturated rings. The summed E-state index contributed by atoms with van der Waals surface area (Å²) in [6, 6.07) is 54.9. The number of benzene rings is 6. The minimum atomic E-state index is 1.04. The first-order chi connectivity index (χ1) is 20.6. The smallest absolute Gasteiger partial charge is 0.0630 e. The third kappa shape index (κ3) is 6.29. The normalized spacial score (nSPS) is 10.6. The number of hydrazine groups is 2. The number of nitrogens with zero attached hydrogens (tertiary/aromatic N) is 2. The van der Waals surface area contributed by atoms with Crippen molar-refractivity contribution < 1.29 is 0 Å². The molecule has 0 aliphatic carbocycles. The molecule has 42 heavy (non-hydrogen) atoms. The van der Waals surface area contributed by atoms with Crippen LogP contribution in [0.15, 0.2) is 158 Å². The van der Waals surface area contributed by atoms with Gasteiger partial charge in [-0.25, -0.2) is 0 Å². The highest BCUT2D eigenvalue weighted by Crippen LogP contribution is 2.32. The molecule has 0 aliphatic rings. The van der Waals surface area contributed by atoms with Crippen molar-refractivity contribution in [1.29, 1.82) is 0 Å². The van der Waals surface area contributed by atoms with Crippen molar-refractivity contribution in [2.75, 3.05) is 20.9 Å². The Morgan fingerprint density at radius 2 is 0.714 bits per heavy atom. The fraction of sp³-hybridized carbons (Fsp3) is 0.0526. The van der Waals surface area contributed by atoms with E-state index in [-0.39, 0.29) is 0 Å². The van der Waals surface area contributed by atoms with Gasteiger partial charge in [0.25, 0.3) is 0 Å². The number of aryl methyl sites for hydroxylation is 2. The maximum absolute atomic E-state index is 3.59. The first kappa shape index (κ1) is 26.7. The molecule has 0 radical (unpaired) electrons. The second-order valence-corrected chi connectivity index (χ2v) is 10.4. The van der Waals surface area contributed by atoms with Gasteiger partial charge in [-0.1, -0.05) is 84.9 Å². The minimum Gasteiger partial charge on any atom is -0.294 e. The lowest BCUT2D eigenvalue weighted by Gasteiger charge is -2.27. The van der Waals surface area contributed by atoms with Crippen LogP contribution in [0.25, 0.3) is 11.1 Å². The van der Waals surface area contributed by atoms with Gasteiger partial charge in [0.05, 0.1) is 34.1 Å². The summed E-state index contributed by atoms with van der Waals surface area (Å²) in [5.74, 6) is 0. The van der Waals surface area contributed by atoms with Crippen molar-refractivity contribution in [3.05, 3.63) is 169 Å². The summed E-state index contributed by atoms with van der Waals surface area (Å²) in [6.07, 6.45) is 0. The fourth-order valence-corrected chi connectivity index (χ4v) is 5.00. The molecule has 206 valence electrons. The van der Waals surface area contributed by atoms with Gasteiger partial charge in [0.2, 0.25) is 0 Å². The fourth-order valence-electron chi connectivity index (χ4n) is 5.00. The molecule has 2 N–H and O–H groups in total. The molecule has 0 amide bonds. The molecule has 6 aromatic rings. The number of anilines is 6. The summed E-state index contributed by atoms with van der Waals surface area (Å²) < 4.78 is 0. The highest BCUT2D eigenvalue weighted by atomic mass is 15.5. The monoisotopic (exact) mass is 546 g/mol. The topological polar surface area (TPSA) is 30.5 Å². The molecule has 0 atom stereocenters. The molecule has 0 saturated heterocycles. The van der Waals surface area contributed by atoms with Crippen molar-refractivity contribution in [2.45, 2.75) is 13.8 Å². The first-order valence-corrected chi connectivity index (χ1v) is 14.2. The van der Waals surface area contributed by atoms with Crippen LogP contribution in [0.4, 0.5) is 34.1 Å². The highest BCUT2D eigenvalue weighted by molar-refractivity contribution is 5.75. The van der Waals surface area contributed by atoms with Gasteiger partial charge in [0.15, 0.2) is 0 Å². The number of hydrogen-bond donors (Lipinski definition) is 2. The van der Waals surface area contributed by atoms with Crippen molar-refractivity contribution in [3.8, 4) is 11.1 Å². The molecule has 0 heterocycles. The Morgan fingerprint density at radius 3 is 1.07 bits per heavy atom. The van der Waals surface area contributed by atoms with Gasteiger partial charge in [-0.2, -0.15) is 0 Å². The Kier molecular flexibility index (Phi) is 7.87. The Labute approximate surface area is 248 Å². The molecule has 0 bridgehead atoms. The molecule has 4 nitrogen and oxygen atoms in total. The van der Waals surface area contributed by atoms with E-state index in [1.165, 1.54) is 11.1 Å². The van der Waals surface area contributed by atoms with Crippen LogP contribution < -0.4 is 20.9 Å². The Morgan fingerprint density at radius 1 is 0.357 bits per heavy atom. The van der Waals surface area contributed by atoms with E-state index in [1.807, 2.05) is 12.1 Å². The molecule has 6 aromatic carbocycles. The van der Waals surface area contributed by atoms with Crippen LogP contribution >= 0.6 is 0 Å². The van der Waals surface area contributed by atoms with E-state index in [0.717, 1.165) is 45.3 Å². The van der Waals surface area contributed by atoms with Crippen LogP contribution in [0, 0.1) is 13.8 Å². The quantitative estimate of drug-likeness (QED) is 0.177. The SMILES string of the molecule is Cc1cccc(NN(c2ccccc2)c2ccc(-c3ccc(N(Nc4cccc(C)c4)c4ccccc4)cc3)cc2)c1. The summed E-state index contributed by atoms with van der Waals surface area (Å²) in [7, 11) is 0. The molecule has 6 rings (SSSR count). The Balaban J connectivity index is 1.26. The lowest BCUT2D eigenvalue weighted by molar-refractivity contribution is 1.16. The van der Waals surface area contributed by atoms with Crippen LogP contribution in [0.2, 0.25) is 0 Å². The number of para-hydroxylation sites is 2. The predicted molar refractivity (Wildman–Crippen MR) is 179 cm³/mol. The summed E-state index contributed by atoms with van der Waals surface area (Å²) >= 11 is 0. The van der Waals surface area contributed by atoms with Crippen LogP contribution in [-0.2, 0) is 0 Å². The summed E-state index contributed by atoms with van der Waals surface area (Å²) in [5.41, 5.74) is 18.3. The van der Waals surface area contributed by atoms with Crippen LogP contribution in [-0.4, -0.2) is 0 Å².